The first kappa shape index (κ1) is 13.0. The molecule has 0 radical (unpaired) electrons. The monoisotopic (exact) mass is 237 g/mol. The Labute approximate surface area is 99.6 Å². The topological polar surface area (TPSA) is 66.8 Å². The van der Waals surface area contributed by atoms with E-state index in [1.165, 1.54) is 0 Å². The van der Waals surface area contributed by atoms with Crippen LogP contribution in [-0.4, -0.2) is 29.8 Å². The van der Waals surface area contributed by atoms with Crippen LogP contribution >= 0.6 is 0 Å². The van der Waals surface area contributed by atoms with Crippen LogP contribution < -0.4 is 4.90 Å². The molecule has 5 nitrogen and oxygen atoms in total. The summed E-state index contributed by atoms with van der Waals surface area (Å²) in [5.41, 5.74) is 0.501. The highest BCUT2D eigenvalue weighted by Crippen LogP contribution is 2.14. The normalized spacial score (nSPS) is 10.1. The lowest BCUT2D eigenvalue weighted by molar-refractivity contribution is -0.135. The Morgan fingerprint density at radius 3 is 2.35 bits per heavy atom. The van der Waals surface area contributed by atoms with Gasteiger partial charge in [0.1, 0.15) is 6.54 Å². The number of ether oxygens (including phenoxy) is 1. The van der Waals surface area contributed by atoms with E-state index in [4.69, 9.17) is 9.84 Å². The van der Waals surface area contributed by atoms with Gasteiger partial charge in [0.15, 0.2) is 0 Å². The van der Waals surface area contributed by atoms with Crippen molar-refractivity contribution < 1.29 is 19.4 Å². The van der Waals surface area contributed by atoms with Crippen molar-refractivity contribution in [2.45, 2.75) is 20.0 Å². The van der Waals surface area contributed by atoms with Gasteiger partial charge < -0.3 is 9.84 Å². The summed E-state index contributed by atoms with van der Waals surface area (Å²) < 4.78 is 4.99. The van der Waals surface area contributed by atoms with Gasteiger partial charge in [0, 0.05) is 5.69 Å². The van der Waals surface area contributed by atoms with E-state index in [0.29, 0.717) is 5.69 Å². The zero-order valence-corrected chi connectivity index (χ0v) is 9.79. The van der Waals surface area contributed by atoms with Crippen molar-refractivity contribution in [3.63, 3.8) is 0 Å². The molecule has 1 aromatic rings. The van der Waals surface area contributed by atoms with Gasteiger partial charge in [0.05, 0.1) is 6.10 Å². The quantitative estimate of drug-likeness (QED) is 0.871. The lowest BCUT2D eigenvalue weighted by Crippen LogP contribution is -2.37. The van der Waals surface area contributed by atoms with Crippen molar-refractivity contribution in [3.05, 3.63) is 30.3 Å². The van der Waals surface area contributed by atoms with Gasteiger partial charge in [-0.05, 0) is 26.0 Å². The number of carboxylic acids is 1. The molecular weight excluding hydrogens is 222 g/mol. The summed E-state index contributed by atoms with van der Waals surface area (Å²) in [4.78, 5) is 23.5. The van der Waals surface area contributed by atoms with Crippen LogP contribution in [0.25, 0.3) is 0 Å². The van der Waals surface area contributed by atoms with Crippen LogP contribution in [0.5, 0.6) is 0 Å². The number of anilines is 1. The highest BCUT2D eigenvalue weighted by Gasteiger charge is 2.20. The molecule has 0 atom stereocenters. The van der Waals surface area contributed by atoms with E-state index in [2.05, 4.69) is 0 Å². The maximum atomic E-state index is 11.7. The molecule has 0 spiro atoms. The van der Waals surface area contributed by atoms with Gasteiger partial charge in [-0.15, -0.1) is 0 Å². The van der Waals surface area contributed by atoms with Gasteiger partial charge in [-0.2, -0.15) is 0 Å². The van der Waals surface area contributed by atoms with Crippen LogP contribution in [0.15, 0.2) is 30.3 Å². The third-order valence-electron chi connectivity index (χ3n) is 1.92. The zero-order chi connectivity index (χ0) is 12.8. The van der Waals surface area contributed by atoms with E-state index in [1.807, 2.05) is 0 Å². The first-order valence-electron chi connectivity index (χ1n) is 5.25. The number of carbonyl (C=O) groups is 2. The van der Waals surface area contributed by atoms with Crippen molar-refractivity contribution in [3.8, 4) is 0 Å². The molecule has 0 unspecified atom stereocenters. The van der Waals surface area contributed by atoms with E-state index < -0.39 is 18.6 Å². The van der Waals surface area contributed by atoms with Crippen molar-refractivity contribution in [2.75, 3.05) is 11.4 Å². The molecule has 0 aromatic heterocycles. The minimum atomic E-state index is -1.09. The minimum Gasteiger partial charge on any atom is -0.480 e. The number of rotatable bonds is 4. The predicted molar refractivity (Wildman–Crippen MR) is 63.0 cm³/mol. The molecule has 0 saturated heterocycles. The Balaban J connectivity index is 2.88. The van der Waals surface area contributed by atoms with E-state index in [9.17, 15) is 9.59 Å². The molecule has 1 amide bonds. The van der Waals surface area contributed by atoms with E-state index in [-0.39, 0.29) is 6.10 Å². The average molecular weight is 237 g/mol. The number of benzene rings is 1. The third-order valence-corrected chi connectivity index (χ3v) is 1.92. The SMILES string of the molecule is CC(C)OC(=O)N(CC(=O)O)c1ccccc1. The van der Waals surface area contributed by atoms with E-state index >= 15 is 0 Å². The van der Waals surface area contributed by atoms with E-state index in [1.54, 1.807) is 44.2 Å². The molecule has 0 aliphatic rings. The number of carboxylic acid groups (broad SMARTS) is 1. The molecule has 0 fully saturated rings. The van der Waals surface area contributed by atoms with Crippen LogP contribution in [0.4, 0.5) is 10.5 Å². The Hall–Kier alpha value is -2.04. The Kier molecular flexibility index (Phi) is 4.51. The van der Waals surface area contributed by atoms with Gasteiger partial charge in [-0.3, -0.25) is 9.69 Å². The third kappa shape index (κ3) is 4.14. The molecule has 0 aliphatic heterocycles. The second-order valence-corrected chi connectivity index (χ2v) is 3.75. The average Bonchev–Trinajstić information content (AvgIpc) is 2.25. The Morgan fingerprint density at radius 2 is 1.88 bits per heavy atom. The van der Waals surface area contributed by atoms with Crippen LogP contribution in [0.1, 0.15) is 13.8 Å². The second kappa shape index (κ2) is 5.89. The molecule has 1 rings (SSSR count). The number of amides is 1. The lowest BCUT2D eigenvalue weighted by Gasteiger charge is -2.21. The summed E-state index contributed by atoms with van der Waals surface area (Å²) in [5.74, 6) is -1.09. The van der Waals surface area contributed by atoms with Crippen LogP contribution in [0.2, 0.25) is 0 Å². The number of carbonyl (C=O) groups excluding carboxylic acids is 1. The molecule has 5 heteroatoms. The zero-order valence-electron chi connectivity index (χ0n) is 9.79. The van der Waals surface area contributed by atoms with E-state index in [0.717, 1.165) is 4.90 Å². The fourth-order valence-corrected chi connectivity index (χ4v) is 1.27. The van der Waals surface area contributed by atoms with Gasteiger partial charge in [0.2, 0.25) is 0 Å². The minimum absolute atomic E-state index is 0.289. The Bertz CT molecular complexity index is 389. The van der Waals surface area contributed by atoms with Crippen LogP contribution in [0, 0.1) is 0 Å². The van der Waals surface area contributed by atoms with Crippen molar-refractivity contribution in [1.82, 2.24) is 0 Å². The van der Waals surface area contributed by atoms with Crippen LogP contribution in [0.3, 0.4) is 0 Å². The highest BCUT2D eigenvalue weighted by molar-refractivity contribution is 5.92. The summed E-state index contributed by atoms with van der Waals surface area (Å²) in [6.45, 7) is 3.00. The Morgan fingerprint density at radius 1 is 1.29 bits per heavy atom. The van der Waals surface area contributed by atoms with Gasteiger partial charge in [-0.1, -0.05) is 18.2 Å². The summed E-state index contributed by atoms with van der Waals surface area (Å²) in [7, 11) is 0. The molecule has 17 heavy (non-hydrogen) atoms. The lowest BCUT2D eigenvalue weighted by atomic mass is 10.3. The standard InChI is InChI=1S/C12H15NO4/c1-9(2)17-12(16)13(8-11(14)15)10-6-4-3-5-7-10/h3-7,9H,8H2,1-2H3,(H,14,15). The summed E-state index contributed by atoms with van der Waals surface area (Å²) in [6.07, 6.45) is -0.948. The molecule has 92 valence electrons. The van der Waals surface area contributed by atoms with Crippen LogP contribution in [-0.2, 0) is 9.53 Å². The van der Waals surface area contributed by atoms with Crippen molar-refractivity contribution in [1.29, 1.82) is 0 Å². The smallest absolute Gasteiger partial charge is 0.415 e. The molecule has 0 aliphatic carbocycles. The van der Waals surface area contributed by atoms with Gasteiger partial charge in [0.25, 0.3) is 0 Å². The fraction of sp³-hybridized carbons (Fsp3) is 0.333. The number of aliphatic carboxylic acids is 1. The second-order valence-electron chi connectivity index (χ2n) is 3.75. The molecule has 0 saturated carbocycles. The molecule has 0 bridgehead atoms. The van der Waals surface area contributed by atoms with Gasteiger partial charge >= 0.3 is 12.1 Å². The number of hydrogen-bond donors (Lipinski definition) is 1. The number of para-hydroxylation sites is 1. The highest BCUT2D eigenvalue weighted by atomic mass is 16.6. The van der Waals surface area contributed by atoms with Crippen molar-refractivity contribution >= 4 is 17.7 Å². The largest absolute Gasteiger partial charge is 0.480 e. The maximum absolute atomic E-state index is 11.7. The predicted octanol–water partition coefficient (Wildman–Crippen LogP) is 2.12. The number of hydrogen-bond acceptors (Lipinski definition) is 3. The summed E-state index contributed by atoms with van der Waals surface area (Å²) in [6, 6.07) is 8.56. The molecule has 1 N–H and O–H groups in total. The fourth-order valence-electron chi connectivity index (χ4n) is 1.27. The first-order chi connectivity index (χ1) is 8.00. The molecule has 1 aromatic carbocycles. The van der Waals surface area contributed by atoms with Gasteiger partial charge in [-0.25, -0.2) is 4.79 Å². The number of nitrogens with zero attached hydrogens (tertiary/aromatic N) is 1. The molecular formula is C12H15NO4. The first-order valence-corrected chi connectivity index (χ1v) is 5.25. The maximum Gasteiger partial charge on any atom is 0.415 e. The summed E-state index contributed by atoms with van der Waals surface area (Å²) >= 11 is 0. The molecule has 0 heterocycles. The van der Waals surface area contributed by atoms with Crippen molar-refractivity contribution in [2.24, 2.45) is 0 Å². The summed E-state index contributed by atoms with van der Waals surface area (Å²) in [5, 5.41) is 8.78.